The average molecular weight is 588 g/mol. The summed E-state index contributed by atoms with van der Waals surface area (Å²) in [6, 6.07) is 16.4. The molecule has 4 aromatic rings. The number of anilines is 2. The number of hydrogen-bond donors (Lipinski definition) is 2. The van der Waals surface area contributed by atoms with Crippen LogP contribution >= 0.6 is 0 Å². The van der Waals surface area contributed by atoms with Gasteiger partial charge in [0.2, 0.25) is 11.8 Å². The lowest BCUT2D eigenvalue weighted by Crippen LogP contribution is -2.60. The van der Waals surface area contributed by atoms with Crippen molar-refractivity contribution >= 4 is 28.5 Å². The van der Waals surface area contributed by atoms with Gasteiger partial charge < -0.3 is 34.4 Å². The normalized spacial score (nSPS) is 14.8. The number of fused-ring (bicyclic) bond motifs is 2. The highest BCUT2D eigenvalue weighted by Crippen LogP contribution is 2.39. The van der Waals surface area contributed by atoms with E-state index in [0.717, 1.165) is 22.0 Å². The second kappa shape index (κ2) is 12.3. The maximum Gasteiger partial charge on any atom is 0.407 e. The third-order valence-corrected chi connectivity index (χ3v) is 7.89. The molecule has 0 atom stereocenters. The lowest BCUT2D eigenvalue weighted by atomic mass is 9.97. The highest BCUT2D eigenvalue weighted by Gasteiger charge is 2.33. The van der Waals surface area contributed by atoms with Crippen molar-refractivity contribution in [2.24, 2.45) is 0 Å². The molecule has 1 amide bonds. The number of aryl methyl sites for hydroxylation is 1. The standard InChI is InChI=1S/C32H34FN5O5/c1-3-24-26(33)10-9-21-13-23(43-19-41-2)14-28(29(21)24)37-12-11-25-27(17-37)35-31(36-30(25)39)38-15-22(16-38)34-32(40)42-18-20-7-5-4-6-8-20/h4-10,13-14,22H,3,11-12,15-19H2,1-2H3,(H,34,40)(H,35,36,39). The van der Waals surface area contributed by atoms with Gasteiger partial charge in [0.15, 0.2) is 6.79 Å². The summed E-state index contributed by atoms with van der Waals surface area (Å²) in [6.07, 6.45) is 0.584. The number of benzene rings is 3. The maximum atomic E-state index is 14.9. The molecular formula is C32H34FN5O5. The first-order valence-corrected chi connectivity index (χ1v) is 14.4. The van der Waals surface area contributed by atoms with Crippen LogP contribution in [0.3, 0.4) is 0 Å². The Labute approximate surface area is 249 Å². The highest BCUT2D eigenvalue weighted by molar-refractivity contribution is 5.98. The number of aromatic hydroxyl groups is 1. The van der Waals surface area contributed by atoms with Crippen molar-refractivity contribution in [1.82, 2.24) is 15.3 Å². The van der Waals surface area contributed by atoms with Crippen LogP contribution in [0.5, 0.6) is 11.6 Å². The number of carbonyl (C=O) groups excluding carboxylic acids is 1. The fourth-order valence-electron chi connectivity index (χ4n) is 5.68. The van der Waals surface area contributed by atoms with Gasteiger partial charge in [0.25, 0.3) is 0 Å². The van der Waals surface area contributed by atoms with Crippen LogP contribution in [0.25, 0.3) is 10.8 Å². The molecule has 3 aromatic carbocycles. The van der Waals surface area contributed by atoms with Gasteiger partial charge in [-0.1, -0.05) is 43.3 Å². The van der Waals surface area contributed by atoms with Crippen molar-refractivity contribution in [1.29, 1.82) is 0 Å². The van der Waals surface area contributed by atoms with E-state index in [1.54, 1.807) is 13.2 Å². The Bertz CT molecular complexity index is 1630. The summed E-state index contributed by atoms with van der Waals surface area (Å²) in [5.41, 5.74) is 3.81. The Hall–Kier alpha value is -4.64. The van der Waals surface area contributed by atoms with Crippen molar-refractivity contribution in [3.05, 3.63) is 82.8 Å². The van der Waals surface area contributed by atoms with Crippen LogP contribution in [0.1, 0.15) is 29.3 Å². The van der Waals surface area contributed by atoms with Gasteiger partial charge in [-0.05, 0) is 41.5 Å². The van der Waals surface area contributed by atoms with E-state index < -0.39 is 6.09 Å². The van der Waals surface area contributed by atoms with Crippen molar-refractivity contribution in [2.75, 3.05) is 43.3 Å². The first kappa shape index (κ1) is 28.5. The Morgan fingerprint density at radius 1 is 1.12 bits per heavy atom. The number of nitrogens with zero attached hydrogens (tertiary/aromatic N) is 4. The Morgan fingerprint density at radius 3 is 2.70 bits per heavy atom. The number of amides is 1. The quantitative estimate of drug-likeness (QED) is 0.270. The second-order valence-corrected chi connectivity index (χ2v) is 10.7. The molecule has 43 heavy (non-hydrogen) atoms. The molecule has 0 saturated carbocycles. The van der Waals surface area contributed by atoms with Gasteiger partial charge in [0.05, 0.1) is 18.3 Å². The zero-order valence-corrected chi connectivity index (χ0v) is 24.2. The minimum absolute atomic E-state index is 0.0411. The molecule has 3 heterocycles. The maximum absolute atomic E-state index is 14.9. The van der Waals surface area contributed by atoms with Gasteiger partial charge in [-0.2, -0.15) is 4.98 Å². The van der Waals surface area contributed by atoms with Crippen LogP contribution in [0.15, 0.2) is 54.6 Å². The smallest absolute Gasteiger partial charge is 0.407 e. The predicted octanol–water partition coefficient (Wildman–Crippen LogP) is 4.70. The van der Waals surface area contributed by atoms with Gasteiger partial charge in [-0.25, -0.2) is 14.2 Å². The van der Waals surface area contributed by atoms with E-state index in [4.69, 9.17) is 19.2 Å². The van der Waals surface area contributed by atoms with Gasteiger partial charge in [0, 0.05) is 49.4 Å². The topological polar surface area (TPSA) is 109 Å². The lowest BCUT2D eigenvalue weighted by molar-refractivity contribution is 0.0512. The lowest BCUT2D eigenvalue weighted by Gasteiger charge is -2.40. The fourth-order valence-corrected chi connectivity index (χ4v) is 5.68. The van der Waals surface area contributed by atoms with E-state index in [1.165, 1.54) is 6.07 Å². The van der Waals surface area contributed by atoms with Crippen LogP contribution in [0, 0.1) is 5.82 Å². The summed E-state index contributed by atoms with van der Waals surface area (Å²) in [4.78, 5) is 25.5. The fraction of sp³-hybridized carbons (Fsp3) is 0.344. The van der Waals surface area contributed by atoms with Crippen LogP contribution in [0.4, 0.5) is 20.8 Å². The first-order chi connectivity index (χ1) is 20.9. The molecule has 0 bridgehead atoms. The van der Waals surface area contributed by atoms with E-state index in [0.29, 0.717) is 67.5 Å². The van der Waals surface area contributed by atoms with Gasteiger partial charge >= 0.3 is 6.09 Å². The molecule has 0 aliphatic carbocycles. The summed E-state index contributed by atoms with van der Waals surface area (Å²) in [5.74, 6) is 0.736. The third kappa shape index (κ3) is 5.98. The molecule has 0 unspecified atom stereocenters. The largest absolute Gasteiger partial charge is 0.493 e. The number of alkyl carbamates (subject to hydrolysis) is 1. The Morgan fingerprint density at radius 2 is 1.93 bits per heavy atom. The molecular weight excluding hydrogens is 553 g/mol. The zero-order valence-electron chi connectivity index (χ0n) is 24.2. The van der Waals surface area contributed by atoms with Gasteiger partial charge in [-0.3, -0.25) is 0 Å². The Balaban J connectivity index is 1.18. The van der Waals surface area contributed by atoms with Gasteiger partial charge in [-0.15, -0.1) is 0 Å². The molecule has 11 heteroatoms. The number of carbonyl (C=O) groups is 1. The summed E-state index contributed by atoms with van der Waals surface area (Å²) in [6.45, 7) is 4.21. The third-order valence-electron chi connectivity index (χ3n) is 7.89. The van der Waals surface area contributed by atoms with E-state index in [2.05, 4.69) is 15.2 Å². The SMILES string of the molecule is CCc1c(F)ccc2cc(OCOC)cc(N3CCc4c(O)nc(N5CC(NC(=O)OCc6ccccc6)C5)nc4C3)c12. The van der Waals surface area contributed by atoms with Crippen LogP contribution in [-0.2, 0) is 35.5 Å². The molecule has 1 saturated heterocycles. The number of rotatable bonds is 9. The first-order valence-electron chi connectivity index (χ1n) is 14.4. The van der Waals surface area contributed by atoms with E-state index in [1.807, 2.05) is 54.3 Å². The molecule has 1 fully saturated rings. The van der Waals surface area contributed by atoms with Crippen LogP contribution in [-0.4, -0.2) is 60.7 Å². The van der Waals surface area contributed by atoms with Gasteiger partial charge in [0.1, 0.15) is 18.2 Å². The molecule has 0 spiro atoms. The van der Waals surface area contributed by atoms with E-state index in [-0.39, 0.29) is 31.1 Å². The predicted molar refractivity (Wildman–Crippen MR) is 160 cm³/mol. The summed E-state index contributed by atoms with van der Waals surface area (Å²) >= 11 is 0. The second-order valence-electron chi connectivity index (χ2n) is 10.7. The highest BCUT2D eigenvalue weighted by atomic mass is 19.1. The summed E-state index contributed by atoms with van der Waals surface area (Å²) in [5, 5.41) is 15.4. The molecule has 6 rings (SSSR count). The molecule has 1 aromatic heterocycles. The van der Waals surface area contributed by atoms with Crippen molar-refractivity contribution < 1.29 is 28.5 Å². The van der Waals surface area contributed by atoms with Crippen molar-refractivity contribution in [2.45, 2.75) is 39.0 Å². The zero-order chi connectivity index (χ0) is 29.9. The van der Waals surface area contributed by atoms with Crippen molar-refractivity contribution in [3.8, 4) is 11.6 Å². The summed E-state index contributed by atoms with van der Waals surface area (Å²) in [7, 11) is 1.56. The van der Waals surface area contributed by atoms with Crippen LogP contribution < -0.4 is 19.9 Å². The monoisotopic (exact) mass is 587 g/mol. The minimum atomic E-state index is -0.481. The summed E-state index contributed by atoms with van der Waals surface area (Å²) < 4.78 is 31.1. The molecule has 2 aliphatic heterocycles. The molecule has 2 N–H and O–H groups in total. The number of halogens is 1. The minimum Gasteiger partial charge on any atom is -0.493 e. The Kier molecular flexibility index (Phi) is 8.15. The van der Waals surface area contributed by atoms with E-state index in [9.17, 15) is 14.3 Å². The molecule has 224 valence electrons. The number of hydrogen-bond acceptors (Lipinski definition) is 9. The average Bonchev–Trinajstić information content (AvgIpc) is 3.00. The molecule has 10 nitrogen and oxygen atoms in total. The molecule has 0 radical (unpaired) electrons. The van der Waals surface area contributed by atoms with Crippen LogP contribution in [0.2, 0.25) is 0 Å². The number of aromatic nitrogens is 2. The molecule has 2 aliphatic rings. The number of ether oxygens (including phenoxy) is 3. The van der Waals surface area contributed by atoms with Crippen molar-refractivity contribution in [3.63, 3.8) is 0 Å². The number of methoxy groups -OCH3 is 1. The van der Waals surface area contributed by atoms with E-state index >= 15 is 0 Å². The number of nitrogens with one attached hydrogen (secondary N) is 1.